The van der Waals surface area contributed by atoms with Crippen LogP contribution in [0.3, 0.4) is 0 Å². The topological polar surface area (TPSA) is 38.1 Å². The summed E-state index contributed by atoms with van der Waals surface area (Å²) in [4.78, 5) is 0. The first kappa shape index (κ1) is 13.4. The van der Waals surface area contributed by atoms with Crippen molar-refractivity contribution in [2.45, 2.75) is 51.6 Å². The summed E-state index contributed by atoms with van der Waals surface area (Å²) < 4.78 is 5.27. The second-order valence-electron chi connectivity index (χ2n) is 6.38. The van der Waals surface area contributed by atoms with Crippen molar-refractivity contribution in [3.05, 3.63) is 52.9 Å². The van der Waals surface area contributed by atoms with E-state index in [1.54, 1.807) is 0 Å². The van der Waals surface area contributed by atoms with Crippen LogP contribution in [0, 0.1) is 6.92 Å². The fraction of sp³-hybridized carbons (Fsp3) is 0.471. The minimum Gasteiger partial charge on any atom is -0.360 e. The summed E-state index contributed by atoms with van der Waals surface area (Å²) in [5.74, 6) is 0.907. The molecule has 0 amide bonds. The van der Waals surface area contributed by atoms with Crippen LogP contribution in [-0.2, 0) is 12.0 Å². The van der Waals surface area contributed by atoms with Gasteiger partial charge in [-0.1, -0.05) is 43.3 Å². The Kier molecular flexibility index (Phi) is 3.38. The number of nitrogens with one attached hydrogen (secondary N) is 1. The van der Waals surface area contributed by atoms with Crippen LogP contribution in [0.4, 0.5) is 0 Å². The van der Waals surface area contributed by atoms with Crippen molar-refractivity contribution >= 4 is 0 Å². The van der Waals surface area contributed by atoms with E-state index in [9.17, 15) is 0 Å². The third kappa shape index (κ3) is 2.50. The molecule has 0 fully saturated rings. The van der Waals surface area contributed by atoms with Crippen molar-refractivity contribution in [3.63, 3.8) is 0 Å². The van der Waals surface area contributed by atoms with Crippen molar-refractivity contribution in [1.82, 2.24) is 10.5 Å². The van der Waals surface area contributed by atoms with E-state index in [2.05, 4.69) is 48.6 Å². The van der Waals surface area contributed by atoms with Gasteiger partial charge in [-0.2, -0.15) is 0 Å². The van der Waals surface area contributed by atoms with Crippen molar-refractivity contribution < 1.29 is 4.52 Å². The van der Waals surface area contributed by atoms with Gasteiger partial charge in [0, 0.05) is 12.1 Å². The first-order valence-corrected chi connectivity index (χ1v) is 7.31. The van der Waals surface area contributed by atoms with Gasteiger partial charge in [-0.05, 0) is 36.3 Å². The molecule has 0 saturated heterocycles. The molecule has 0 radical (unpaired) electrons. The highest BCUT2D eigenvalue weighted by Gasteiger charge is 2.31. The third-order valence-electron chi connectivity index (χ3n) is 4.32. The number of aryl methyl sites for hydroxylation is 1. The van der Waals surface area contributed by atoms with E-state index in [4.69, 9.17) is 4.52 Å². The SMILES string of the molecule is Cc1cc(CNC2CCC(C)(C)c3ccccc32)on1. The maximum Gasteiger partial charge on any atom is 0.150 e. The van der Waals surface area contributed by atoms with Crippen molar-refractivity contribution in [1.29, 1.82) is 0 Å². The summed E-state index contributed by atoms with van der Waals surface area (Å²) in [6.07, 6.45) is 2.37. The molecule has 3 rings (SSSR count). The molecule has 1 aromatic heterocycles. The van der Waals surface area contributed by atoms with Gasteiger partial charge in [0.2, 0.25) is 0 Å². The average Bonchev–Trinajstić information content (AvgIpc) is 2.84. The van der Waals surface area contributed by atoms with E-state index < -0.39 is 0 Å². The highest BCUT2D eigenvalue weighted by Crippen LogP contribution is 2.41. The van der Waals surface area contributed by atoms with Crippen molar-refractivity contribution in [3.8, 4) is 0 Å². The summed E-state index contributed by atoms with van der Waals surface area (Å²) in [6.45, 7) is 7.36. The van der Waals surface area contributed by atoms with Crippen LogP contribution in [0.5, 0.6) is 0 Å². The van der Waals surface area contributed by atoms with E-state index in [0.29, 0.717) is 6.04 Å². The van der Waals surface area contributed by atoms with E-state index in [1.807, 2.05) is 13.0 Å². The van der Waals surface area contributed by atoms with Crippen LogP contribution in [0.1, 0.15) is 55.3 Å². The Morgan fingerprint density at radius 3 is 2.90 bits per heavy atom. The number of nitrogens with zero attached hydrogens (tertiary/aromatic N) is 1. The highest BCUT2D eigenvalue weighted by atomic mass is 16.5. The molecular formula is C17H22N2O. The van der Waals surface area contributed by atoms with E-state index in [0.717, 1.165) is 24.4 Å². The quantitative estimate of drug-likeness (QED) is 0.919. The Labute approximate surface area is 120 Å². The highest BCUT2D eigenvalue weighted by molar-refractivity contribution is 5.38. The molecule has 0 spiro atoms. The Balaban J connectivity index is 1.78. The summed E-state index contributed by atoms with van der Waals surface area (Å²) in [6, 6.07) is 11.2. The maximum atomic E-state index is 5.27. The number of hydrogen-bond acceptors (Lipinski definition) is 3. The van der Waals surface area contributed by atoms with Gasteiger partial charge in [-0.15, -0.1) is 0 Å². The number of rotatable bonds is 3. The monoisotopic (exact) mass is 270 g/mol. The largest absolute Gasteiger partial charge is 0.360 e. The Morgan fingerprint density at radius 1 is 1.35 bits per heavy atom. The molecule has 1 atom stereocenters. The van der Waals surface area contributed by atoms with Gasteiger partial charge in [0.1, 0.15) is 0 Å². The molecular weight excluding hydrogens is 248 g/mol. The summed E-state index contributed by atoms with van der Waals surface area (Å²) in [5.41, 5.74) is 4.11. The zero-order valence-corrected chi connectivity index (χ0v) is 12.4. The lowest BCUT2D eigenvalue weighted by Crippen LogP contribution is -2.32. The molecule has 1 aliphatic rings. The third-order valence-corrected chi connectivity index (χ3v) is 4.32. The van der Waals surface area contributed by atoms with Crippen LogP contribution >= 0.6 is 0 Å². The zero-order chi connectivity index (χ0) is 14.2. The molecule has 0 saturated carbocycles. The lowest BCUT2D eigenvalue weighted by atomic mass is 9.71. The smallest absolute Gasteiger partial charge is 0.150 e. The molecule has 1 aromatic carbocycles. The number of benzene rings is 1. The van der Waals surface area contributed by atoms with Crippen LogP contribution in [-0.4, -0.2) is 5.16 Å². The molecule has 1 N–H and O–H groups in total. The first-order chi connectivity index (χ1) is 9.56. The zero-order valence-electron chi connectivity index (χ0n) is 12.4. The molecule has 1 heterocycles. The minimum atomic E-state index is 0.275. The fourth-order valence-electron chi connectivity index (χ4n) is 3.15. The standard InChI is InChI=1S/C17H22N2O/c1-12-10-13(20-19-12)11-18-16-8-9-17(2,3)15-7-5-4-6-14(15)16/h4-7,10,16,18H,8-9,11H2,1-3H3. The van der Waals surface area contributed by atoms with Gasteiger partial charge in [0.25, 0.3) is 0 Å². The molecule has 2 aromatic rings. The maximum absolute atomic E-state index is 5.27. The Bertz CT molecular complexity index is 601. The van der Waals surface area contributed by atoms with Crippen LogP contribution in [0.15, 0.2) is 34.9 Å². The fourth-order valence-corrected chi connectivity index (χ4v) is 3.15. The molecule has 3 nitrogen and oxygen atoms in total. The Morgan fingerprint density at radius 2 is 2.15 bits per heavy atom. The lowest BCUT2D eigenvalue weighted by molar-refractivity contribution is 0.329. The van der Waals surface area contributed by atoms with Gasteiger partial charge in [-0.25, -0.2) is 0 Å². The molecule has 20 heavy (non-hydrogen) atoms. The predicted molar refractivity (Wildman–Crippen MR) is 79.5 cm³/mol. The Hall–Kier alpha value is -1.61. The molecule has 3 heteroatoms. The number of hydrogen-bond donors (Lipinski definition) is 1. The predicted octanol–water partition coefficient (Wildman–Crippen LogP) is 3.89. The van der Waals surface area contributed by atoms with Crippen LogP contribution in [0.2, 0.25) is 0 Å². The normalized spacial score (nSPS) is 20.6. The van der Waals surface area contributed by atoms with Crippen LogP contribution < -0.4 is 5.32 Å². The summed E-state index contributed by atoms with van der Waals surface area (Å²) in [5, 5.41) is 7.54. The van der Waals surface area contributed by atoms with E-state index in [1.165, 1.54) is 17.5 Å². The second-order valence-corrected chi connectivity index (χ2v) is 6.38. The first-order valence-electron chi connectivity index (χ1n) is 7.31. The van der Waals surface area contributed by atoms with Gasteiger partial charge in [0.15, 0.2) is 5.76 Å². The van der Waals surface area contributed by atoms with E-state index >= 15 is 0 Å². The average molecular weight is 270 g/mol. The van der Waals surface area contributed by atoms with E-state index in [-0.39, 0.29) is 5.41 Å². The molecule has 0 bridgehead atoms. The lowest BCUT2D eigenvalue weighted by Gasteiger charge is -2.37. The van der Waals surface area contributed by atoms with Crippen molar-refractivity contribution in [2.24, 2.45) is 0 Å². The molecule has 1 aliphatic carbocycles. The molecule has 1 unspecified atom stereocenters. The van der Waals surface area contributed by atoms with Crippen molar-refractivity contribution in [2.75, 3.05) is 0 Å². The molecule has 0 aliphatic heterocycles. The summed E-state index contributed by atoms with van der Waals surface area (Å²) in [7, 11) is 0. The number of fused-ring (bicyclic) bond motifs is 1. The second kappa shape index (κ2) is 5.06. The van der Waals surface area contributed by atoms with Gasteiger partial charge >= 0.3 is 0 Å². The van der Waals surface area contributed by atoms with Crippen LogP contribution in [0.25, 0.3) is 0 Å². The molecule has 106 valence electrons. The van der Waals surface area contributed by atoms with Gasteiger partial charge < -0.3 is 9.84 Å². The van der Waals surface area contributed by atoms with Gasteiger partial charge in [-0.3, -0.25) is 0 Å². The van der Waals surface area contributed by atoms with Gasteiger partial charge in [0.05, 0.1) is 12.2 Å². The summed E-state index contributed by atoms with van der Waals surface area (Å²) >= 11 is 0. The number of aromatic nitrogens is 1. The minimum absolute atomic E-state index is 0.275.